The van der Waals surface area contributed by atoms with E-state index in [1.807, 2.05) is 30.3 Å². The van der Waals surface area contributed by atoms with Crippen LogP contribution in [0.4, 0.5) is 21.8 Å². The first kappa shape index (κ1) is 27.2. The van der Waals surface area contributed by atoms with Crippen LogP contribution in [0.1, 0.15) is 57.9 Å². The molecule has 3 heterocycles. The summed E-state index contributed by atoms with van der Waals surface area (Å²) in [5, 5.41) is 6.98. The van der Waals surface area contributed by atoms with E-state index in [0.29, 0.717) is 35.1 Å². The normalized spacial score (nSPS) is 25.6. The number of aromatic nitrogens is 2. The minimum Gasteiger partial charge on any atom is -0.489 e. The van der Waals surface area contributed by atoms with Crippen molar-refractivity contribution >= 4 is 29.1 Å². The number of hydrogen-bond acceptors (Lipinski definition) is 7. The Kier molecular flexibility index (Phi) is 7.84. The van der Waals surface area contributed by atoms with Crippen LogP contribution in [0.25, 0.3) is 0 Å². The van der Waals surface area contributed by atoms with E-state index in [4.69, 9.17) is 21.1 Å². The third-order valence-corrected chi connectivity index (χ3v) is 8.82. The Morgan fingerprint density at radius 1 is 1.07 bits per heavy atom. The van der Waals surface area contributed by atoms with Gasteiger partial charge in [-0.1, -0.05) is 41.9 Å². The van der Waals surface area contributed by atoms with Gasteiger partial charge in [0.15, 0.2) is 11.6 Å². The van der Waals surface area contributed by atoms with Gasteiger partial charge in [0.2, 0.25) is 5.95 Å². The highest BCUT2D eigenvalue weighted by molar-refractivity contribution is 6.32. The molecule has 3 aliphatic rings. The van der Waals surface area contributed by atoms with Gasteiger partial charge in [0.25, 0.3) is 0 Å². The Morgan fingerprint density at radius 2 is 1.90 bits per heavy atom. The molecule has 0 bridgehead atoms. The molecular formula is C31H37ClFN5O2. The highest BCUT2D eigenvalue weighted by Gasteiger charge is 2.42. The lowest BCUT2D eigenvalue weighted by Crippen LogP contribution is -2.50. The summed E-state index contributed by atoms with van der Waals surface area (Å²) in [6, 6.07) is 16.4. The van der Waals surface area contributed by atoms with Crippen LogP contribution >= 0.6 is 11.6 Å². The second kappa shape index (κ2) is 11.5. The first-order valence-corrected chi connectivity index (χ1v) is 14.6. The van der Waals surface area contributed by atoms with Crippen LogP contribution in [-0.2, 0) is 11.3 Å². The van der Waals surface area contributed by atoms with E-state index in [0.717, 1.165) is 32.2 Å². The van der Waals surface area contributed by atoms with Crippen LogP contribution in [0.2, 0.25) is 5.02 Å². The van der Waals surface area contributed by atoms with Gasteiger partial charge in [-0.15, -0.1) is 0 Å². The lowest BCUT2D eigenvalue weighted by molar-refractivity contribution is -0.0683. The quantitative estimate of drug-likeness (QED) is 0.291. The maximum atomic E-state index is 14.6. The van der Waals surface area contributed by atoms with Crippen molar-refractivity contribution in [1.82, 2.24) is 14.9 Å². The fourth-order valence-electron chi connectivity index (χ4n) is 6.16. The molecule has 2 saturated heterocycles. The number of piperidine rings is 1. The molecular weight excluding hydrogens is 529 g/mol. The highest BCUT2D eigenvalue weighted by atomic mass is 35.5. The van der Waals surface area contributed by atoms with Crippen LogP contribution in [0.15, 0.2) is 54.7 Å². The summed E-state index contributed by atoms with van der Waals surface area (Å²) in [6.07, 6.45) is 7.49. The molecule has 2 unspecified atom stereocenters. The van der Waals surface area contributed by atoms with Crippen molar-refractivity contribution in [3.63, 3.8) is 0 Å². The zero-order valence-electron chi connectivity index (χ0n) is 23.1. The molecule has 0 spiro atoms. The zero-order chi connectivity index (χ0) is 27.7. The number of fused-ring (bicyclic) bond motifs is 1. The van der Waals surface area contributed by atoms with E-state index >= 15 is 0 Å². The number of anilines is 3. The molecule has 1 aromatic heterocycles. The summed E-state index contributed by atoms with van der Waals surface area (Å²) in [7, 11) is 0. The Morgan fingerprint density at radius 3 is 2.70 bits per heavy atom. The van der Waals surface area contributed by atoms with Crippen LogP contribution in [0, 0.1) is 5.82 Å². The van der Waals surface area contributed by atoms with Crippen LogP contribution < -0.4 is 15.4 Å². The fraction of sp³-hybridized carbons (Fsp3) is 0.484. The molecule has 3 aromatic rings. The number of benzene rings is 2. The number of nitrogens with zero attached hydrogens (tertiary/aromatic N) is 3. The maximum absolute atomic E-state index is 14.6. The number of nitrogens with one attached hydrogen (secondary N) is 2. The summed E-state index contributed by atoms with van der Waals surface area (Å²) in [6.45, 7) is 6.27. The predicted octanol–water partition coefficient (Wildman–Crippen LogP) is 6.96. The van der Waals surface area contributed by atoms with Crippen LogP contribution in [0.5, 0.6) is 5.75 Å². The Bertz CT molecular complexity index is 1320. The minimum atomic E-state index is -0.451. The summed E-state index contributed by atoms with van der Waals surface area (Å²) in [5.74, 6) is 0.717. The molecule has 2 N–H and O–H groups in total. The molecule has 7 nitrogen and oxygen atoms in total. The van der Waals surface area contributed by atoms with Gasteiger partial charge in [-0.2, -0.15) is 4.98 Å². The number of halogens is 2. The third-order valence-electron chi connectivity index (χ3n) is 8.53. The van der Waals surface area contributed by atoms with E-state index < -0.39 is 5.82 Å². The number of rotatable bonds is 9. The van der Waals surface area contributed by atoms with Crippen molar-refractivity contribution in [1.29, 1.82) is 0 Å². The highest BCUT2D eigenvalue weighted by Crippen LogP contribution is 2.39. The van der Waals surface area contributed by atoms with E-state index in [9.17, 15) is 4.39 Å². The standard InChI is InChI=1S/C31H37ClFN5O2/c1-31(2)12-10-23-14-22(11-13-38(23)31)35-29-27(33)18-34-30(37-29)36-21-8-9-28(26(32)15-21)40-25-16-24(17-25)39-19-20-6-4-3-5-7-20/h3-9,15,18,22-25H,10-14,16-17,19H2,1-2H3,(H2,34,35,36,37). The molecule has 2 aliphatic heterocycles. The molecule has 40 heavy (non-hydrogen) atoms. The largest absolute Gasteiger partial charge is 0.489 e. The van der Waals surface area contributed by atoms with Crippen LogP contribution in [0.3, 0.4) is 0 Å². The molecule has 1 aliphatic carbocycles. The Balaban J connectivity index is 1.01. The van der Waals surface area contributed by atoms with E-state index in [2.05, 4.69) is 51.5 Å². The van der Waals surface area contributed by atoms with Gasteiger partial charge in [-0.3, -0.25) is 4.90 Å². The van der Waals surface area contributed by atoms with Gasteiger partial charge >= 0.3 is 0 Å². The smallest absolute Gasteiger partial charge is 0.229 e. The third kappa shape index (κ3) is 6.19. The number of ether oxygens (including phenoxy) is 2. The topological polar surface area (TPSA) is 71.5 Å². The van der Waals surface area contributed by atoms with Crippen molar-refractivity contribution in [3.05, 3.63) is 71.1 Å². The van der Waals surface area contributed by atoms with Crippen molar-refractivity contribution in [2.24, 2.45) is 0 Å². The second-order valence-corrected chi connectivity index (χ2v) is 12.3. The Hall–Kier alpha value is -2.94. The molecule has 0 radical (unpaired) electrons. The lowest BCUT2D eigenvalue weighted by Gasteiger charge is -2.42. The van der Waals surface area contributed by atoms with E-state index in [1.54, 1.807) is 6.07 Å². The number of hydrogen-bond donors (Lipinski definition) is 2. The summed E-state index contributed by atoms with van der Waals surface area (Å²) >= 11 is 6.53. The average Bonchev–Trinajstić information content (AvgIpc) is 3.22. The van der Waals surface area contributed by atoms with Gasteiger partial charge in [0.05, 0.1) is 23.9 Å². The summed E-state index contributed by atoms with van der Waals surface area (Å²) in [5.41, 5.74) is 2.13. The predicted molar refractivity (Wildman–Crippen MR) is 156 cm³/mol. The van der Waals surface area contributed by atoms with E-state index in [1.165, 1.54) is 24.6 Å². The van der Waals surface area contributed by atoms with Gasteiger partial charge in [-0.05, 0) is 63.3 Å². The van der Waals surface area contributed by atoms with Gasteiger partial charge in [0, 0.05) is 42.7 Å². The molecule has 2 aromatic carbocycles. The SMILES string of the molecule is CC1(C)CCC2CC(Nc3nc(Nc4ccc(OC5CC(OCc6ccccc6)C5)c(Cl)c4)ncc3F)CCN21. The minimum absolute atomic E-state index is 0.0771. The van der Waals surface area contributed by atoms with Gasteiger partial charge in [0.1, 0.15) is 11.9 Å². The van der Waals surface area contributed by atoms with Gasteiger partial charge in [-0.25, -0.2) is 9.37 Å². The van der Waals surface area contributed by atoms with E-state index in [-0.39, 0.29) is 29.6 Å². The molecule has 6 rings (SSSR count). The molecule has 0 amide bonds. The van der Waals surface area contributed by atoms with Crippen molar-refractivity contribution in [3.8, 4) is 5.75 Å². The van der Waals surface area contributed by atoms with Crippen LogP contribution in [-0.4, -0.2) is 51.2 Å². The molecule has 9 heteroatoms. The summed E-state index contributed by atoms with van der Waals surface area (Å²) < 4.78 is 26.7. The van der Waals surface area contributed by atoms with Gasteiger partial charge < -0.3 is 20.1 Å². The monoisotopic (exact) mass is 565 g/mol. The summed E-state index contributed by atoms with van der Waals surface area (Å²) in [4.78, 5) is 11.2. The first-order valence-electron chi connectivity index (χ1n) is 14.3. The molecule has 3 fully saturated rings. The first-order chi connectivity index (χ1) is 19.3. The lowest BCUT2D eigenvalue weighted by atomic mass is 9.92. The zero-order valence-corrected chi connectivity index (χ0v) is 23.8. The maximum Gasteiger partial charge on any atom is 0.229 e. The second-order valence-electron chi connectivity index (χ2n) is 11.9. The molecule has 2 atom stereocenters. The molecule has 212 valence electrons. The average molecular weight is 566 g/mol. The van der Waals surface area contributed by atoms with Crippen molar-refractivity contribution in [2.45, 2.75) is 88.8 Å². The molecule has 1 saturated carbocycles. The van der Waals surface area contributed by atoms with Crippen molar-refractivity contribution < 1.29 is 13.9 Å². The van der Waals surface area contributed by atoms with Crippen molar-refractivity contribution in [2.75, 3.05) is 17.2 Å². The Labute approximate surface area is 240 Å². The fourth-order valence-corrected chi connectivity index (χ4v) is 6.38.